The number of rotatable bonds is 7. The van der Waals surface area contributed by atoms with Crippen LogP contribution in [-0.4, -0.2) is 60.6 Å². The van der Waals surface area contributed by atoms with Gasteiger partial charge in [0.15, 0.2) is 17.3 Å². The number of ether oxygens (including phenoxy) is 2. The highest BCUT2D eigenvalue weighted by Gasteiger charge is 2.31. The molecule has 32 heavy (non-hydrogen) atoms. The average Bonchev–Trinajstić information content (AvgIpc) is 3.31. The summed E-state index contributed by atoms with van der Waals surface area (Å²) < 4.78 is 38.4. The third-order valence-electron chi connectivity index (χ3n) is 5.62. The zero-order chi connectivity index (χ0) is 22.7. The number of aliphatic hydroxyl groups is 1. The number of amides is 1. The van der Waals surface area contributed by atoms with E-state index in [1.165, 1.54) is 18.2 Å². The number of likely N-dealkylation sites (tertiary alicyclic amines) is 1. The molecule has 2 aliphatic rings. The van der Waals surface area contributed by atoms with Crippen molar-refractivity contribution in [3.63, 3.8) is 0 Å². The summed E-state index contributed by atoms with van der Waals surface area (Å²) in [5.74, 6) is -2.82. The fourth-order valence-electron chi connectivity index (χ4n) is 3.97. The number of nitrogens with zero attached hydrogens (tertiary/aromatic N) is 1. The van der Waals surface area contributed by atoms with Gasteiger partial charge in [-0.3, -0.25) is 9.59 Å². The Hall–Kier alpha value is -3.04. The van der Waals surface area contributed by atoms with Gasteiger partial charge in [0.2, 0.25) is 5.78 Å². The highest BCUT2D eigenvalue weighted by atomic mass is 19.1. The summed E-state index contributed by atoms with van der Waals surface area (Å²) in [6.45, 7) is 2.34. The lowest BCUT2D eigenvalue weighted by atomic mass is 10.00. The van der Waals surface area contributed by atoms with Gasteiger partial charge in [-0.05, 0) is 67.9 Å². The molecule has 0 radical (unpaired) electrons. The highest BCUT2D eigenvalue weighted by Crippen LogP contribution is 2.36. The third-order valence-corrected chi connectivity index (χ3v) is 5.62. The van der Waals surface area contributed by atoms with Crippen LogP contribution in [0.1, 0.15) is 34.9 Å². The second kappa shape index (κ2) is 9.62. The lowest BCUT2D eigenvalue weighted by Crippen LogP contribution is -2.48. The SMILES string of the molecule is O=C(N[C@H](CN1CCCC1)[C@H](O)c1cc(F)c2c(c1)OCCO2)C(=O)c1ccc(F)cc1. The number of ketones is 1. The van der Waals surface area contributed by atoms with E-state index in [2.05, 4.69) is 10.2 Å². The van der Waals surface area contributed by atoms with E-state index in [0.29, 0.717) is 0 Å². The molecular weight excluding hydrogens is 422 g/mol. The van der Waals surface area contributed by atoms with Crippen molar-refractivity contribution >= 4 is 11.7 Å². The van der Waals surface area contributed by atoms with Gasteiger partial charge in [0, 0.05) is 12.1 Å². The van der Waals surface area contributed by atoms with E-state index in [-0.39, 0.29) is 42.4 Å². The summed E-state index contributed by atoms with van der Waals surface area (Å²) in [6.07, 6.45) is 0.680. The first kappa shape index (κ1) is 22.2. The number of hydrogen-bond acceptors (Lipinski definition) is 6. The number of carbonyl (C=O) groups is 2. The predicted octanol–water partition coefficient (Wildman–Crippen LogP) is 2.23. The van der Waals surface area contributed by atoms with Crippen LogP contribution < -0.4 is 14.8 Å². The van der Waals surface area contributed by atoms with Crippen molar-refractivity contribution in [1.29, 1.82) is 0 Å². The number of benzene rings is 2. The molecule has 0 aliphatic carbocycles. The Labute approximate surface area is 183 Å². The minimum absolute atomic E-state index is 0.0150. The van der Waals surface area contributed by atoms with Crippen LogP contribution in [-0.2, 0) is 4.79 Å². The van der Waals surface area contributed by atoms with Gasteiger partial charge in [-0.15, -0.1) is 0 Å². The monoisotopic (exact) mass is 446 g/mol. The van der Waals surface area contributed by atoms with Gasteiger partial charge in [0.05, 0.1) is 6.04 Å². The summed E-state index contributed by atoms with van der Waals surface area (Å²) in [7, 11) is 0. The second-order valence-electron chi connectivity index (χ2n) is 7.90. The van der Waals surface area contributed by atoms with Gasteiger partial charge in [-0.25, -0.2) is 8.78 Å². The molecule has 7 nitrogen and oxygen atoms in total. The molecule has 4 rings (SSSR count). The molecule has 0 spiro atoms. The normalized spacial score (nSPS) is 17.6. The summed E-state index contributed by atoms with van der Waals surface area (Å²) in [5, 5.41) is 13.6. The quantitative estimate of drug-likeness (QED) is 0.501. The lowest BCUT2D eigenvalue weighted by molar-refractivity contribution is -0.118. The Morgan fingerprint density at radius 2 is 1.75 bits per heavy atom. The zero-order valence-electron chi connectivity index (χ0n) is 17.4. The number of carbonyl (C=O) groups excluding carboxylic acids is 2. The van der Waals surface area contributed by atoms with Crippen molar-refractivity contribution in [1.82, 2.24) is 10.2 Å². The summed E-state index contributed by atoms with van der Waals surface area (Å²) in [6, 6.07) is 6.37. The van der Waals surface area contributed by atoms with Crippen molar-refractivity contribution in [2.45, 2.75) is 25.0 Å². The van der Waals surface area contributed by atoms with Gasteiger partial charge in [0.25, 0.3) is 5.91 Å². The number of fused-ring (bicyclic) bond motifs is 1. The van der Waals surface area contributed by atoms with Gasteiger partial charge in [0.1, 0.15) is 25.1 Å². The molecule has 2 aromatic carbocycles. The van der Waals surface area contributed by atoms with E-state index in [0.717, 1.165) is 44.1 Å². The molecule has 2 N–H and O–H groups in total. The standard InChI is InChI=1S/C23H24F2N2O5/c24-16-5-3-14(4-6-16)21(29)23(30)26-18(13-27-7-1-2-8-27)20(28)15-11-17(25)22-19(12-15)31-9-10-32-22/h3-6,11-12,18,20,28H,1-2,7-10,13H2,(H,26,30)/t18-,20-/m1/s1. The van der Waals surface area contributed by atoms with E-state index in [9.17, 15) is 23.5 Å². The fourth-order valence-corrected chi connectivity index (χ4v) is 3.97. The van der Waals surface area contributed by atoms with E-state index >= 15 is 0 Å². The third kappa shape index (κ3) is 4.89. The van der Waals surface area contributed by atoms with Gasteiger partial charge in [-0.2, -0.15) is 0 Å². The molecule has 1 saturated heterocycles. The van der Waals surface area contributed by atoms with E-state index in [1.54, 1.807) is 0 Å². The van der Waals surface area contributed by atoms with Crippen LogP contribution in [0, 0.1) is 11.6 Å². The van der Waals surface area contributed by atoms with E-state index in [1.807, 2.05) is 0 Å². The first-order valence-electron chi connectivity index (χ1n) is 10.5. The summed E-state index contributed by atoms with van der Waals surface area (Å²) >= 11 is 0. The summed E-state index contributed by atoms with van der Waals surface area (Å²) in [4.78, 5) is 27.2. The van der Waals surface area contributed by atoms with Crippen LogP contribution >= 0.6 is 0 Å². The molecule has 2 aromatic rings. The van der Waals surface area contributed by atoms with Gasteiger partial charge in [-0.1, -0.05) is 0 Å². The fraction of sp³-hybridized carbons (Fsp3) is 0.391. The molecule has 1 fully saturated rings. The van der Waals surface area contributed by atoms with Crippen molar-refractivity contribution in [2.75, 3.05) is 32.8 Å². The van der Waals surface area contributed by atoms with Crippen molar-refractivity contribution in [2.24, 2.45) is 0 Å². The molecule has 2 atom stereocenters. The highest BCUT2D eigenvalue weighted by molar-refractivity contribution is 6.42. The molecule has 0 bridgehead atoms. The molecule has 0 unspecified atom stereocenters. The maximum atomic E-state index is 14.5. The lowest BCUT2D eigenvalue weighted by Gasteiger charge is -2.29. The Bertz CT molecular complexity index is 993. The van der Waals surface area contributed by atoms with Gasteiger partial charge < -0.3 is 24.8 Å². The van der Waals surface area contributed by atoms with Crippen molar-refractivity contribution in [3.8, 4) is 11.5 Å². The second-order valence-corrected chi connectivity index (χ2v) is 7.90. The minimum atomic E-state index is -1.30. The molecule has 1 amide bonds. The Kier molecular flexibility index (Phi) is 6.66. The van der Waals surface area contributed by atoms with Crippen LogP contribution in [0.25, 0.3) is 0 Å². The Morgan fingerprint density at radius 1 is 1.06 bits per heavy atom. The van der Waals surface area contributed by atoms with Crippen LogP contribution in [0.15, 0.2) is 36.4 Å². The van der Waals surface area contributed by atoms with E-state index in [4.69, 9.17) is 9.47 Å². The van der Waals surface area contributed by atoms with Crippen molar-refractivity contribution < 1.29 is 33.0 Å². The Balaban J connectivity index is 1.55. The molecule has 9 heteroatoms. The zero-order valence-corrected chi connectivity index (χ0v) is 17.4. The molecule has 0 aromatic heterocycles. The topological polar surface area (TPSA) is 88.1 Å². The number of nitrogens with one attached hydrogen (secondary N) is 1. The predicted molar refractivity (Wildman–Crippen MR) is 111 cm³/mol. The molecule has 0 saturated carbocycles. The summed E-state index contributed by atoms with van der Waals surface area (Å²) in [5.41, 5.74) is 0.231. The molecular formula is C23H24F2N2O5. The number of Topliss-reactive ketones (excluding diaryl/α,β-unsaturated/α-hetero) is 1. The number of aliphatic hydroxyl groups excluding tert-OH is 1. The van der Waals surface area contributed by atoms with Crippen LogP contribution in [0.4, 0.5) is 8.78 Å². The maximum Gasteiger partial charge on any atom is 0.292 e. The smallest absolute Gasteiger partial charge is 0.292 e. The molecule has 170 valence electrons. The van der Waals surface area contributed by atoms with Crippen LogP contribution in [0.3, 0.4) is 0 Å². The first-order valence-corrected chi connectivity index (χ1v) is 10.5. The Morgan fingerprint density at radius 3 is 2.47 bits per heavy atom. The van der Waals surface area contributed by atoms with E-state index < -0.39 is 35.5 Å². The number of halogens is 2. The largest absolute Gasteiger partial charge is 0.486 e. The first-order chi connectivity index (χ1) is 15.4. The van der Waals surface area contributed by atoms with Gasteiger partial charge >= 0.3 is 0 Å². The average molecular weight is 446 g/mol. The van der Waals surface area contributed by atoms with Crippen LogP contribution in [0.5, 0.6) is 11.5 Å². The number of hydrogen-bond donors (Lipinski definition) is 2. The molecule has 2 aliphatic heterocycles. The molecule has 2 heterocycles. The van der Waals surface area contributed by atoms with Crippen LogP contribution in [0.2, 0.25) is 0 Å². The maximum absolute atomic E-state index is 14.5. The minimum Gasteiger partial charge on any atom is -0.486 e. The van der Waals surface area contributed by atoms with Crippen molar-refractivity contribution in [3.05, 3.63) is 59.2 Å².